The van der Waals surface area contributed by atoms with Gasteiger partial charge in [0.1, 0.15) is 0 Å². The molecule has 0 heterocycles. The molecule has 5 heteroatoms. The summed E-state index contributed by atoms with van der Waals surface area (Å²) in [5, 5.41) is 0. The van der Waals surface area contributed by atoms with E-state index in [1.807, 2.05) is 37.3 Å². The Hall–Kier alpha value is -1.72. The average Bonchev–Trinajstić information content (AvgIpc) is 2.52. The van der Waals surface area contributed by atoms with Crippen LogP contribution in [0.15, 0.2) is 59.5 Å². The van der Waals surface area contributed by atoms with Gasteiger partial charge in [-0.2, -0.15) is 0 Å². The van der Waals surface area contributed by atoms with E-state index >= 15 is 0 Å². The molecule has 0 aliphatic rings. The molecule has 0 atom stereocenters. The van der Waals surface area contributed by atoms with E-state index in [1.54, 1.807) is 12.1 Å². The number of unbranched alkanes of at least 4 members (excludes halogenated alkanes) is 1. The standard InChI is InChI=1S/C17H20FNO2S/c1-15-10-12-17(13-11-15)22(20,21)19(18)14-6-5-9-16-7-3-2-4-8-16/h2-4,7-8,10-13H,5-6,9,14H2,1H3. The van der Waals surface area contributed by atoms with E-state index in [0.29, 0.717) is 6.42 Å². The molecular weight excluding hydrogens is 301 g/mol. The Morgan fingerprint density at radius 2 is 1.59 bits per heavy atom. The van der Waals surface area contributed by atoms with Crippen LogP contribution in [-0.2, 0) is 16.4 Å². The first-order valence-electron chi connectivity index (χ1n) is 7.29. The maximum Gasteiger partial charge on any atom is 0.269 e. The molecule has 0 aliphatic heterocycles. The van der Waals surface area contributed by atoms with Crippen molar-refractivity contribution in [3.8, 4) is 0 Å². The Morgan fingerprint density at radius 1 is 0.955 bits per heavy atom. The highest BCUT2D eigenvalue weighted by Crippen LogP contribution is 2.17. The van der Waals surface area contributed by atoms with Gasteiger partial charge < -0.3 is 0 Å². The fourth-order valence-corrected chi connectivity index (χ4v) is 3.23. The normalized spacial score (nSPS) is 11.8. The predicted molar refractivity (Wildman–Crippen MR) is 85.6 cm³/mol. The van der Waals surface area contributed by atoms with Crippen LogP contribution in [0.1, 0.15) is 24.0 Å². The lowest BCUT2D eigenvalue weighted by Crippen LogP contribution is -2.24. The van der Waals surface area contributed by atoms with Gasteiger partial charge in [0.25, 0.3) is 10.0 Å². The Balaban J connectivity index is 1.86. The Kier molecular flexibility index (Phi) is 5.69. The molecule has 0 fully saturated rings. The Bertz CT molecular complexity index is 684. The van der Waals surface area contributed by atoms with Crippen LogP contribution in [0.5, 0.6) is 0 Å². The molecule has 0 spiro atoms. The molecule has 2 aromatic carbocycles. The average molecular weight is 321 g/mol. The number of hydrogen-bond acceptors (Lipinski definition) is 2. The van der Waals surface area contributed by atoms with Crippen molar-refractivity contribution in [1.29, 1.82) is 0 Å². The van der Waals surface area contributed by atoms with E-state index in [2.05, 4.69) is 0 Å². The molecule has 0 aliphatic carbocycles. The first kappa shape index (κ1) is 16.6. The van der Waals surface area contributed by atoms with Crippen molar-refractivity contribution < 1.29 is 12.9 Å². The number of halogens is 1. The van der Waals surface area contributed by atoms with Crippen molar-refractivity contribution in [2.75, 3.05) is 6.54 Å². The van der Waals surface area contributed by atoms with E-state index in [1.165, 1.54) is 17.7 Å². The summed E-state index contributed by atoms with van der Waals surface area (Å²) in [5.74, 6) is 0. The third-order valence-electron chi connectivity index (χ3n) is 3.47. The van der Waals surface area contributed by atoms with Crippen LogP contribution in [0.2, 0.25) is 0 Å². The monoisotopic (exact) mass is 321 g/mol. The number of aryl methyl sites for hydroxylation is 2. The zero-order valence-corrected chi connectivity index (χ0v) is 13.4. The summed E-state index contributed by atoms with van der Waals surface area (Å²) in [6.07, 6.45) is 2.05. The van der Waals surface area contributed by atoms with Crippen molar-refractivity contribution in [3.63, 3.8) is 0 Å². The van der Waals surface area contributed by atoms with Crippen LogP contribution in [0.25, 0.3) is 0 Å². The molecule has 0 unspecified atom stereocenters. The molecule has 0 saturated heterocycles. The fourth-order valence-electron chi connectivity index (χ4n) is 2.15. The highest BCUT2D eigenvalue weighted by molar-refractivity contribution is 7.89. The van der Waals surface area contributed by atoms with Crippen LogP contribution in [0.3, 0.4) is 0 Å². The Morgan fingerprint density at radius 3 is 2.23 bits per heavy atom. The summed E-state index contributed by atoms with van der Waals surface area (Å²) in [4.78, 5) is -0.0105. The number of rotatable bonds is 7. The second kappa shape index (κ2) is 7.51. The second-order valence-electron chi connectivity index (χ2n) is 5.27. The molecule has 3 nitrogen and oxygen atoms in total. The molecule has 118 valence electrons. The van der Waals surface area contributed by atoms with E-state index in [4.69, 9.17) is 0 Å². The molecule has 2 rings (SSSR count). The van der Waals surface area contributed by atoms with E-state index in [0.717, 1.165) is 18.4 Å². The molecule has 0 radical (unpaired) electrons. The van der Waals surface area contributed by atoms with Crippen molar-refractivity contribution in [2.24, 2.45) is 0 Å². The van der Waals surface area contributed by atoms with Crippen molar-refractivity contribution in [2.45, 2.75) is 31.1 Å². The van der Waals surface area contributed by atoms with Crippen LogP contribution in [0, 0.1) is 6.92 Å². The van der Waals surface area contributed by atoms with E-state index in [-0.39, 0.29) is 16.0 Å². The minimum absolute atomic E-state index is 0.0105. The van der Waals surface area contributed by atoms with Gasteiger partial charge in [-0.05, 0) is 48.4 Å². The molecule has 0 aromatic heterocycles. The van der Waals surface area contributed by atoms with E-state index < -0.39 is 10.0 Å². The highest BCUT2D eigenvalue weighted by Gasteiger charge is 2.23. The first-order chi connectivity index (χ1) is 10.5. The van der Waals surface area contributed by atoms with Gasteiger partial charge in [-0.1, -0.05) is 48.0 Å². The first-order valence-corrected chi connectivity index (χ1v) is 8.73. The summed E-state index contributed by atoms with van der Waals surface area (Å²) in [5.41, 5.74) is 2.11. The van der Waals surface area contributed by atoms with Gasteiger partial charge in [-0.25, -0.2) is 8.42 Å². The zero-order valence-electron chi connectivity index (χ0n) is 12.6. The molecular formula is C17H20FNO2S. The van der Waals surface area contributed by atoms with Crippen molar-refractivity contribution >= 4 is 10.0 Å². The van der Waals surface area contributed by atoms with Crippen molar-refractivity contribution in [3.05, 3.63) is 65.7 Å². The van der Waals surface area contributed by atoms with Gasteiger partial charge in [0.05, 0.1) is 4.90 Å². The molecule has 0 N–H and O–H groups in total. The summed E-state index contributed by atoms with van der Waals surface area (Å²) in [6.45, 7) is 1.73. The van der Waals surface area contributed by atoms with Gasteiger partial charge in [0, 0.05) is 6.54 Å². The third kappa shape index (κ3) is 4.39. The molecule has 0 amide bonds. The smallest absolute Gasteiger partial charge is 0.205 e. The number of hydrogen-bond donors (Lipinski definition) is 0. The van der Waals surface area contributed by atoms with Gasteiger partial charge in [-0.15, -0.1) is 4.48 Å². The van der Waals surface area contributed by atoms with Crippen LogP contribution >= 0.6 is 0 Å². The maximum atomic E-state index is 13.9. The summed E-state index contributed by atoms with van der Waals surface area (Å²) >= 11 is 0. The summed E-state index contributed by atoms with van der Waals surface area (Å²) in [6, 6.07) is 16.1. The van der Waals surface area contributed by atoms with Crippen LogP contribution < -0.4 is 0 Å². The van der Waals surface area contributed by atoms with E-state index in [9.17, 15) is 12.9 Å². The minimum Gasteiger partial charge on any atom is -0.205 e. The lowest BCUT2D eigenvalue weighted by Gasteiger charge is -2.12. The van der Waals surface area contributed by atoms with Gasteiger partial charge >= 0.3 is 0 Å². The zero-order chi connectivity index (χ0) is 16.0. The number of nitrogens with zero attached hydrogens (tertiary/aromatic N) is 1. The molecule has 0 bridgehead atoms. The maximum absolute atomic E-state index is 13.9. The molecule has 0 saturated carbocycles. The van der Waals surface area contributed by atoms with Crippen LogP contribution in [0.4, 0.5) is 4.48 Å². The Labute approximate surface area is 131 Å². The predicted octanol–water partition coefficient (Wildman–Crippen LogP) is 3.89. The topological polar surface area (TPSA) is 37.4 Å². The quantitative estimate of drug-likeness (QED) is 0.573. The largest absolute Gasteiger partial charge is 0.269 e. The minimum atomic E-state index is -4.03. The number of benzene rings is 2. The number of sulfonamides is 1. The van der Waals surface area contributed by atoms with Gasteiger partial charge in [0.15, 0.2) is 0 Å². The molecule has 2 aromatic rings. The van der Waals surface area contributed by atoms with Gasteiger partial charge in [-0.3, -0.25) is 0 Å². The fraction of sp³-hybridized carbons (Fsp3) is 0.294. The van der Waals surface area contributed by atoms with Crippen LogP contribution in [-0.4, -0.2) is 19.5 Å². The highest BCUT2D eigenvalue weighted by atomic mass is 32.2. The lowest BCUT2D eigenvalue weighted by molar-refractivity contribution is 0.136. The van der Waals surface area contributed by atoms with Gasteiger partial charge in [0.2, 0.25) is 0 Å². The molecule has 22 heavy (non-hydrogen) atoms. The lowest BCUT2D eigenvalue weighted by atomic mass is 10.1. The second-order valence-corrected chi connectivity index (χ2v) is 7.09. The summed E-state index contributed by atoms with van der Waals surface area (Å²) < 4.78 is 38.0. The van der Waals surface area contributed by atoms with Crippen molar-refractivity contribution in [1.82, 2.24) is 4.53 Å². The SMILES string of the molecule is Cc1ccc(S(=O)(=O)N(F)CCCCc2ccccc2)cc1. The summed E-state index contributed by atoms with van der Waals surface area (Å²) in [7, 11) is -4.03. The third-order valence-corrected chi connectivity index (χ3v) is 5.04.